The van der Waals surface area contributed by atoms with Crippen molar-refractivity contribution < 1.29 is 19.5 Å². The molecule has 5 heteroatoms. The predicted octanol–water partition coefficient (Wildman–Crippen LogP) is 4.39. The zero-order chi connectivity index (χ0) is 17.9. The van der Waals surface area contributed by atoms with Gasteiger partial charge in [-0.05, 0) is 36.6 Å². The Morgan fingerprint density at radius 3 is 2.12 bits per heavy atom. The molecule has 5 nitrogen and oxygen atoms in total. The van der Waals surface area contributed by atoms with Crippen LogP contribution >= 0.6 is 0 Å². The number of hydroxylamine groups is 2. The third-order valence-corrected chi connectivity index (χ3v) is 4.29. The van der Waals surface area contributed by atoms with Gasteiger partial charge in [-0.1, -0.05) is 46.0 Å². The Morgan fingerprint density at radius 1 is 1.08 bits per heavy atom. The second-order valence-corrected chi connectivity index (χ2v) is 5.77. The molecule has 0 aliphatic heterocycles. The average molecular weight is 335 g/mol. The van der Waals surface area contributed by atoms with Gasteiger partial charge in [0.05, 0.1) is 12.7 Å². The Balaban J connectivity index is 0.00000139. The van der Waals surface area contributed by atoms with E-state index < -0.39 is 5.97 Å². The van der Waals surface area contributed by atoms with Gasteiger partial charge in [0.2, 0.25) is 0 Å². The van der Waals surface area contributed by atoms with Crippen molar-refractivity contribution in [2.75, 3.05) is 13.7 Å². The Morgan fingerprint density at radius 2 is 1.62 bits per heavy atom. The lowest BCUT2D eigenvalue weighted by Crippen LogP contribution is -2.32. The predicted molar refractivity (Wildman–Crippen MR) is 94.0 cm³/mol. The van der Waals surface area contributed by atoms with Crippen LogP contribution in [0.1, 0.15) is 73.1 Å². The smallest absolute Gasteiger partial charge is 0.335 e. The number of amides is 1. The Bertz CT molecular complexity index is 507. The summed E-state index contributed by atoms with van der Waals surface area (Å²) >= 11 is 0. The van der Waals surface area contributed by atoms with Crippen molar-refractivity contribution in [3.05, 3.63) is 35.4 Å². The maximum Gasteiger partial charge on any atom is 0.335 e. The number of benzene rings is 1. The van der Waals surface area contributed by atoms with Crippen molar-refractivity contribution >= 4 is 11.9 Å². The van der Waals surface area contributed by atoms with Crippen LogP contribution in [0.5, 0.6) is 0 Å². The number of hydrogen-bond donors (Lipinski definition) is 1. The third kappa shape index (κ3) is 5.96. The van der Waals surface area contributed by atoms with Crippen LogP contribution in [0, 0.1) is 5.92 Å². The number of carboxylic acids is 1. The molecule has 0 heterocycles. The molecule has 0 saturated heterocycles. The zero-order valence-corrected chi connectivity index (χ0v) is 15.0. The molecule has 1 N–H and O–H groups in total. The summed E-state index contributed by atoms with van der Waals surface area (Å²) < 4.78 is 0. The van der Waals surface area contributed by atoms with Gasteiger partial charge in [-0.2, -0.15) is 0 Å². The maximum absolute atomic E-state index is 12.4. The summed E-state index contributed by atoms with van der Waals surface area (Å²) in [7, 11) is 1.49. The summed E-state index contributed by atoms with van der Waals surface area (Å²) in [4.78, 5) is 28.4. The molecule has 1 aromatic rings. The first-order valence-electron chi connectivity index (χ1n) is 8.81. The molecular formula is C19H29NO4. The summed E-state index contributed by atoms with van der Waals surface area (Å²) in [5.41, 5.74) is 0.609. The van der Waals surface area contributed by atoms with Crippen LogP contribution in [0.4, 0.5) is 0 Å². The van der Waals surface area contributed by atoms with Crippen molar-refractivity contribution in [3.8, 4) is 0 Å². The van der Waals surface area contributed by atoms with Crippen molar-refractivity contribution in [1.29, 1.82) is 0 Å². The highest BCUT2D eigenvalue weighted by atomic mass is 16.7. The monoisotopic (exact) mass is 335 g/mol. The van der Waals surface area contributed by atoms with E-state index in [2.05, 4.69) is 0 Å². The van der Waals surface area contributed by atoms with Gasteiger partial charge >= 0.3 is 5.97 Å². The fraction of sp³-hybridized carbons (Fsp3) is 0.579. The van der Waals surface area contributed by atoms with E-state index in [1.165, 1.54) is 68.5 Å². The lowest BCUT2D eigenvalue weighted by Gasteiger charge is -2.25. The van der Waals surface area contributed by atoms with E-state index in [1.807, 2.05) is 13.8 Å². The first-order chi connectivity index (χ1) is 11.6. The molecule has 1 fully saturated rings. The Hall–Kier alpha value is -1.88. The molecule has 24 heavy (non-hydrogen) atoms. The van der Waals surface area contributed by atoms with Crippen molar-refractivity contribution in [1.82, 2.24) is 5.06 Å². The van der Waals surface area contributed by atoms with Crippen molar-refractivity contribution in [2.45, 2.75) is 52.4 Å². The molecule has 0 aromatic heterocycles. The summed E-state index contributed by atoms with van der Waals surface area (Å²) in [5.74, 6) is -0.552. The standard InChI is InChI=1S/C17H23NO4.C2H6/c1-22-18(12-11-13-5-3-2-4-6-13)16(19)14-7-9-15(10-8-14)17(20)21;1-2/h7-10,13H,2-6,11-12H2,1H3,(H,20,21);1-2H3. The second-order valence-electron chi connectivity index (χ2n) is 5.77. The third-order valence-electron chi connectivity index (χ3n) is 4.29. The number of rotatable bonds is 6. The number of hydrogen-bond acceptors (Lipinski definition) is 3. The molecule has 0 radical (unpaired) electrons. The molecule has 0 atom stereocenters. The highest BCUT2D eigenvalue weighted by Crippen LogP contribution is 2.26. The van der Waals surface area contributed by atoms with E-state index in [4.69, 9.17) is 9.94 Å². The zero-order valence-electron chi connectivity index (χ0n) is 15.0. The van der Waals surface area contributed by atoms with Crippen LogP contribution in [-0.4, -0.2) is 35.7 Å². The van der Waals surface area contributed by atoms with Gasteiger partial charge < -0.3 is 5.11 Å². The molecule has 1 aliphatic rings. The summed E-state index contributed by atoms with van der Waals surface area (Å²) in [6.45, 7) is 4.57. The van der Waals surface area contributed by atoms with Crippen LogP contribution in [0.15, 0.2) is 24.3 Å². The first-order valence-corrected chi connectivity index (χ1v) is 8.81. The van der Waals surface area contributed by atoms with Gasteiger partial charge in [0.1, 0.15) is 0 Å². The fourth-order valence-electron chi connectivity index (χ4n) is 2.95. The number of nitrogens with zero attached hydrogens (tertiary/aromatic N) is 1. The Labute approximate surface area is 144 Å². The molecular weight excluding hydrogens is 306 g/mol. The normalized spacial score (nSPS) is 14.5. The van der Waals surface area contributed by atoms with E-state index in [0.29, 0.717) is 18.0 Å². The molecule has 1 aromatic carbocycles. The average Bonchev–Trinajstić information content (AvgIpc) is 2.64. The van der Waals surface area contributed by atoms with E-state index >= 15 is 0 Å². The van der Waals surface area contributed by atoms with Crippen LogP contribution < -0.4 is 0 Å². The van der Waals surface area contributed by atoms with E-state index in [1.54, 1.807) is 0 Å². The van der Waals surface area contributed by atoms with Crippen LogP contribution in [0.2, 0.25) is 0 Å². The minimum atomic E-state index is -1.00. The quantitative estimate of drug-likeness (QED) is 0.783. The van der Waals surface area contributed by atoms with Gasteiger partial charge in [-0.25, -0.2) is 9.86 Å². The molecule has 0 spiro atoms. The van der Waals surface area contributed by atoms with E-state index in [0.717, 1.165) is 6.42 Å². The van der Waals surface area contributed by atoms with Gasteiger partial charge in [0.15, 0.2) is 0 Å². The van der Waals surface area contributed by atoms with Crippen molar-refractivity contribution in [2.24, 2.45) is 5.92 Å². The summed E-state index contributed by atoms with van der Waals surface area (Å²) in [6, 6.07) is 5.92. The van der Waals surface area contributed by atoms with E-state index in [9.17, 15) is 9.59 Å². The lowest BCUT2D eigenvalue weighted by atomic mass is 9.87. The minimum absolute atomic E-state index is 0.169. The van der Waals surface area contributed by atoms with Crippen molar-refractivity contribution in [3.63, 3.8) is 0 Å². The molecule has 1 saturated carbocycles. The van der Waals surface area contributed by atoms with Gasteiger partial charge in [0.25, 0.3) is 5.91 Å². The summed E-state index contributed by atoms with van der Waals surface area (Å²) in [5, 5.41) is 10.2. The highest BCUT2D eigenvalue weighted by Gasteiger charge is 2.19. The van der Waals surface area contributed by atoms with Gasteiger partial charge in [-0.3, -0.25) is 9.63 Å². The van der Waals surface area contributed by atoms with Gasteiger partial charge in [-0.15, -0.1) is 0 Å². The van der Waals surface area contributed by atoms with Crippen LogP contribution in [-0.2, 0) is 4.84 Å². The molecule has 1 amide bonds. The lowest BCUT2D eigenvalue weighted by molar-refractivity contribution is -0.0978. The molecule has 1 aliphatic carbocycles. The summed E-state index contributed by atoms with van der Waals surface area (Å²) in [6.07, 6.45) is 7.30. The van der Waals surface area contributed by atoms with Gasteiger partial charge in [0, 0.05) is 12.1 Å². The topological polar surface area (TPSA) is 66.8 Å². The van der Waals surface area contributed by atoms with Crippen LogP contribution in [0.3, 0.4) is 0 Å². The number of carbonyl (C=O) groups is 2. The molecule has 134 valence electrons. The first kappa shape index (κ1) is 20.2. The molecule has 0 bridgehead atoms. The number of carboxylic acid groups (broad SMARTS) is 1. The Kier molecular flexibility index (Phi) is 9.08. The molecule has 2 rings (SSSR count). The largest absolute Gasteiger partial charge is 0.478 e. The number of aromatic carboxylic acids is 1. The maximum atomic E-state index is 12.4. The van der Waals surface area contributed by atoms with Crippen LogP contribution in [0.25, 0.3) is 0 Å². The minimum Gasteiger partial charge on any atom is -0.478 e. The molecule has 0 unspecified atom stereocenters. The van der Waals surface area contributed by atoms with E-state index in [-0.39, 0.29) is 11.5 Å². The second kappa shape index (κ2) is 10.8. The number of carbonyl (C=O) groups excluding carboxylic acids is 1. The highest BCUT2D eigenvalue weighted by molar-refractivity contribution is 5.95. The fourth-order valence-corrected chi connectivity index (χ4v) is 2.95. The SMILES string of the molecule is CC.CON(CCC1CCCCC1)C(=O)c1ccc(C(=O)O)cc1.